The van der Waals surface area contributed by atoms with Crippen LogP contribution >= 0.6 is 15.9 Å². The van der Waals surface area contributed by atoms with Gasteiger partial charge >= 0.3 is 5.84 Å². The Labute approximate surface area is 126 Å². The number of likely N-dealkylation sites (tertiary alicyclic amines) is 1. The second-order valence-corrected chi connectivity index (χ2v) is 5.66. The number of hydrazone groups is 1. The van der Waals surface area contributed by atoms with Gasteiger partial charge in [-0.3, -0.25) is 4.90 Å². The quantitative estimate of drug-likeness (QED) is 0.396. The van der Waals surface area contributed by atoms with Crippen molar-refractivity contribution < 1.29 is 4.92 Å². The van der Waals surface area contributed by atoms with Crippen molar-refractivity contribution in [2.24, 2.45) is 5.10 Å². The highest BCUT2D eigenvalue weighted by Crippen LogP contribution is 2.15. The van der Waals surface area contributed by atoms with Crippen LogP contribution in [-0.2, 0) is 0 Å². The van der Waals surface area contributed by atoms with E-state index in [1.165, 1.54) is 6.42 Å². The van der Waals surface area contributed by atoms with E-state index in [4.69, 9.17) is 0 Å². The molecule has 1 aliphatic rings. The third-order valence-corrected chi connectivity index (χ3v) is 3.66. The number of anilines is 1. The average molecular weight is 341 g/mol. The third kappa shape index (κ3) is 4.57. The van der Waals surface area contributed by atoms with Crippen molar-refractivity contribution >= 4 is 27.5 Å². The Morgan fingerprint density at radius 3 is 2.80 bits per heavy atom. The fraction of sp³-hybridized carbons (Fsp3) is 0.462. The number of rotatable bonds is 4. The van der Waals surface area contributed by atoms with E-state index >= 15 is 0 Å². The average Bonchev–Trinajstić information content (AvgIpc) is 2.44. The molecule has 1 saturated heterocycles. The fourth-order valence-corrected chi connectivity index (χ4v) is 2.54. The van der Waals surface area contributed by atoms with Gasteiger partial charge in [0.2, 0.25) is 0 Å². The standard InChI is InChI=1S/C13H17BrN4O2/c14-11-5-4-6-12(9-11)15-16-13(18(19)20)10-17-7-2-1-3-8-17/h4-6,9,15H,1-3,7-8,10H2/b16-13-. The first-order valence-corrected chi connectivity index (χ1v) is 7.39. The molecule has 1 aliphatic heterocycles. The number of hydrogen-bond donors (Lipinski definition) is 1. The minimum Gasteiger partial charge on any atom is -0.358 e. The van der Waals surface area contributed by atoms with Gasteiger partial charge in [-0.1, -0.05) is 28.4 Å². The van der Waals surface area contributed by atoms with E-state index < -0.39 is 4.92 Å². The van der Waals surface area contributed by atoms with Crippen molar-refractivity contribution in [1.29, 1.82) is 0 Å². The van der Waals surface area contributed by atoms with Gasteiger partial charge in [0.25, 0.3) is 0 Å². The van der Waals surface area contributed by atoms with Crippen molar-refractivity contribution in [3.63, 3.8) is 0 Å². The number of hydrogen-bond acceptors (Lipinski definition) is 5. The van der Waals surface area contributed by atoms with E-state index in [9.17, 15) is 10.1 Å². The topological polar surface area (TPSA) is 70.8 Å². The Morgan fingerprint density at radius 1 is 1.40 bits per heavy atom. The largest absolute Gasteiger partial charge is 0.377 e. The van der Waals surface area contributed by atoms with Crippen molar-refractivity contribution in [3.8, 4) is 0 Å². The Kier molecular flexibility index (Phi) is 5.49. The molecule has 0 bridgehead atoms. The van der Waals surface area contributed by atoms with Crippen LogP contribution in [0, 0.1) is 10.1 Å². The van der Waals surface area contributed by atoms with E-state index in [0.717, 1.165) is 36.1 Å². The number of benzene rings is 1. The molecule has 7 heteroatoms. The molecule has 1 fully saturated rings. The number of nitrogens with one attached hydrogen (secondary N) is 1. The summed E-state index contributed by atoms with van der Waals surface area (Å²) in [7, 11) is 0. The summed E-state index contributed by atoms with van der Waals surface area (Å²) in [5.41, 5.74) is 3.47. The zero-order chi connectivity index (χ0) is 14.4. The van der Waals surface area contributed by atoms with E-state index in [2.05, 4.69) is 31.4 Å². The van der Waals surface area contributed by atoms with Gasteiger partial charge in [-0.2, -0.15) is 5.43 Å². The Morgan fingerprint density at radius 2 is 2.15 bits per heavy atom. The summed E-state index contributed by atoms with van der Waals surface area (Å²) >= 11 is 3.35. The van der Waals surface area contributed by atoms with Crippen LogP contribution < -0.4 is 5.43 Å². The third-order valence-electron chi connectivity index (χ3n) is 3.16. The molecule has 1 heterocycles. The maximum Gasteiger partial charge on any atom is 0.377 e. The monoisotopic (exact) mass is 340 g/mol. The molecule has 1 N–H and O–H groups in total. The zero-order valence-corrected chi connectivity index (χ0v) is 12.7. The number of piperidine rings is 1. The van der Waals surface area contributed by atoms with Gasteiger partial charge in [-0.15, -0.1) is 0 Å². The fourth-order valence-electron chi connectivity index (χ4n) is 2.14. The number of amidine groups is 1. The van der Waals surface area contributed by atoms with Crippen molar-refractivity contribution in [3.05, 3.63) is 38.9 Å². The molecular weight excluding hydrogens is 324 g/mol. The molecule has 1 aromatic rings. The van der Waals surface area contributed by atoms with Crippen LogP contribution in [0.5, 0.6) is 0 Å². The SMILES string of the molecule is O=[N+]([O-])/C(CN1CCCCC1)=N\Nc1cccc(Br)c1. The molecule has 0 radical (unpaired) electrons. The van der Waals surface area contributed by atoms with Gasteiger partial charge in [-0.25, -0.2) is 0 Å². The molecule has 0 atom stereocenters. The summed E-state index contributed by atoms with van der Waals surface area (Å²) < 4.78 is 0.899. The molecule has 0 unspecified atom stereocenters. The van der Waals surface area contributed by atoms with E-state index in [0.29, 0.717) is 0 Å². The van der Waals surface area contributed by atoms with Crippen LogP contribution in [0.4, 0.5) is 5.69 Å². The summed E-state index contributed by atoms with van der Waals surface area (Å²) in [6, 6.07) is 7.37. The van der Waals surface area contributed by atoms with Crippen LogP contribution in [-0.4, -0.2) is 35.3 Å². The second-order valence-electron chi connectivity index (χ2n) is 4.74. The molecule has 0 spiro atoms. The molecule has 0 saturated carbocycles. The highest BCUT2D eigenvalue weighted by molar-refractivity contribution is 9.10. The second kappa shape index (κ2) is 7.35. The van der Waals surface area contributed by atoms with Crippen LogP contribution in [0.25, 0.3) is 0 Å². The molecule has 0 aromatic heterocycles. The lowest BCUT2D eigenvalue weighted by molar-refractivity contribution is -0.353. The molecule has 20 heavy (non-hydrogen) atoms. The summed E-state index contributed by atoms with van der Waals surface area (Å²) in [5, 5.41) is 15.0. The lowest BCUT2D eigenvalue weighted by Gasteiger charge is -2.24. The van der Waals surface area contributed by atoms with Gasteiger partial charge in [0.15, 0.2) is 0 Å². The lowest BCUT2D eigenvalue weighted by Crippen LogP contribution is -2.37. The summed E-state index contributed by atoms with van der Waals surface area (Å²) in [4.78, 5) is 12.7. The first-order chi connectivity index (χ1) is 9.65. The van der Waals surface area contributed by atoms with Crippen LogP contribution in [0.15, 0.2) is 33.8 Å². The Hall–Kier alpha value is -1.47. The first kappa shape index (κ1) is 14.9. The smallest absolute Gasteiger partial charge is 0.358 e. The first-order valence-electron chi connectivity index (χ1n) is 6.60. The molecule has 2 rings (SSSR count). The summed E-state index contributed by atoms with van der Waals surface area (Å²) in [5.74, 6) is -0.0492. The highest BCUT2D eigenvalue weighted by atomic mass is 79.9. The minimum atomic E-state index is -0.417. The predicted octanol–water partition coefficient (Wildman–Crippen LogP) is 2.94. The molecular formula is C13H17BrN4O2. The molecule has 0 amide bonds. The Bertz CT molecular complexity index is 501. The van der Waals surface area contributed by atoms with Gasteiger partial charge in [0.1, 0.15) is 6.54 Å². The van der Waals surface area contributed by atoms with Crippen molar-refractivity contribution in [2.45, 2.75) is 19.3 Å². The van der Waals surface area contributed by atoms with E-state index in [1.807, 2.05) is 24.3 Å². The molecule has 0 aliphatic carbocycles. The van der Waals surface area contributed by atoms with Gasteiger partial charge < -0.3 is 10.1 Å². The zero-order valence-electron chi connectivity index (χ0n) is 11.1. The van der Waals surface area contributed by atoms with Crippen LogP contribution in [0.1, 0.15) is 19.3 Å². The summed E-state index contributed by atoms with van der Waals surface area (Å²) in [6.45, 7) is 2.10. The number of nitro groups is 1. The summed E-state index contributed by atoms with van der Waals surface area (Å²) in [6.07, 6.45) is 3.41. The normalized spacial score (nSPS) is 16.9. The van der Waals surface area contributed by atoms with Gasteiger partial charge in [0.05, 0.1) is 10.8 Å². The number of halogens is 1. The lowest BCUT2D eigenvalue weighted by atomic mass is 10.1. The maximum absolute atomic E-state index is 11.1. The van der Waals surface area contributed by atoms with E-state index in [-0.39, 0.29) is 12.4 Å². The highest BCUT2D eigenvalue weighted by Gasteiger charge is 2.20. The van der Waals surface area contributed by atoms with Crippen molar-refractivity contribution in [2.75, 3.05) is 25.1 Å². The maximum atomic E-state index is 11.1. The van der Waals surface area contributed by atoms with Gasteiger partial charge in [-0.05, 0) is 49.1 Å². The van der Waals surface area contributed by atoms with Crippen LogP contribution in [0.2, 0.25) is 0 Å². The molecule has 1 aromatic carbocycles. The van der Waals surface area contributed by atoms with Crippen molar-refractivity contribution in [1.82, 2.24) is 4.90 Å². The van der Waals surface area contributed by atoms with E-state index in [1.54, 1.807) is 0 Å². The van der Waals surface area contributed by atoms with Gasteiger partial charge in [0, 0.05) is 4.47 Å². The molecule has 108 valence electrons. The Balaban J connectivity index is 2.00. The van der Waals surface area contributed by atoms with Crippen LogP contribution in [0.3, 0.4) is 0 Å². The number of nitrogens with zero attached hydrogens (tertiary/aromatic N) is 3. The minimum absolute atomic E-state index is 0.0492. The predicted molar refractivity (Wildman–Crippen MR) is 82.5 cm³/mol. The molecule has 6 nitrogen and oxygen atoms in total.